The summed E-state index contributed by atoms with van der Waals surface area (Å²) in [5.41, 5.74) is 0. The van der Waals surface area contributed by atoms with Crippen molar-refractivity contribution in [2.24, 2.45) is 11.8 Å². The molecule has 1 fully saturated rings. The van der Waals surface area contributed by atoms with E-state index in [-0.39, 0.29) is 24.2 Å². The Morgan fingerprint density at radius 2 is 1.82 bits per heavy atom. The molecule has 1 aliphatic heterocycles. The van der Waals surface area contributed by atoms with Crippen molar-refractivity contribution >= 4 is 18.3 Å². The van der Waals surface area contributed by atoms with E-state index in [1.54, 1.807) is 0 Å². The minimum atomic E-state index is 0. The van der Waals surface area contributed by atoms with Gasteiger partial charge in [-0.15, -0.1) is 12.4 Å². The van der Waals surface area contributed by atoms with Gasteiger partial charge >= 0.3 is 0 Å². The third-order valence-corrected chi connectivity index (χ3v) is 3.78. The second-order valence-electron chi connectivity index (χ2n) is 4.92. The summed E-state index contributed by atoms with van der Waals surface area (Å²) in [6, 6.07) is 0. The van der Waals surface area contributed by atoms with Crippen LogP contribution in [0.2, 0.25) is 0 Å². The van der Waals surface area contributed by atoms with Crippen LogP contribution in [0.4, 0.5) is 0 Å². The maximum atomic E-state index is 12.0. The zero-order valence-corrected chi connectivity index (χ0v) is 12.2. The average molecular weight is 263 g/mol. The molecule has 1 heterocycles. The molecule has 1 N–H and O–H groups in total. The molecule has 4 heteroatoms. The fourth-order valence-corrected chi connectivity index (χ4v) is 2.39. The highest BCUT2D eigenvalue weighted by Gasteiger charge is 2.22. The van der Waals surface area contributed by atoms with Crippen molar-refractivity contribution in [3.63, 3.8) is 0 Å². The second-order valence-corrected chi connectivity index (χ2v) is 4.92. The number of carbonyl (C=O) groups is 1. The number of nitrogens with zero attached hydrogens (tertiary/aromatic N) is 1. The highest BCUT2D eigenvalue weighted by molar-refractivity contribution is 5.85. The molecule has 1 saturated heterocycles. The zero-order valence-electron chi connectivity index (χ0n) is 11.4. The predicted molar refractivity (Wildman–Crippen MR) is 74.3 cm³/mol. The molecule has 0 saturated carbocycles. The Hall–Kier alpha value is -0.280. The summed E-state index contributed by atoms with van der Waals surface area (Å²) in [6.07, 6.45) is 4.58. The van der Waals surface area contributed by atoms with Crippen LogP contribution in [-0.2, 0) is 4.79 Å². The molecule has 0 radical (unpaired) electrons. The van der Waals surface area contributed by atoms with Gasteiger partial charge in [-0.3, -0.25) is 9.69 Å². The van der Waals surface area contributed by atoms with Crippen molar-refractivity contribution in [2.75, 3.05) is 19.8 Å². The monoisotopic (exact) mass is 262 g/mol. The highest BCUT2D eigenvalue weighted by atomic mass is 35.5. The summed E-state index contributed by atoms with van der Waals surface area (Å²) in [6.45, 7) is 9.45. The third-order valence-electron chi connectivity index (χ3n) is 3.78. The van der Waals surface area contributed by atoms with Gasteiger partial charge in [-0.25, -0.2) is 0 Å². The Morgan fingerprint density at radius 1 is 1.24 bits per heavy atom. The smallest absolute Gasteiger partial charge is 0.224 e. The lowest BCUT2D eigenvalue weighted by molar-refractivity contribution is -0.127. The molecule has 0 aromatic carbocycles. The molecule has 1 rings (SSSR count). The van der Waals surface area contributed by atoms with Crippen LogP contribution >= 0.6 is 12.4 Å². The predicted octanol–water partition coefficient (Wildman–Crippen LogP) is 2.65. The molecule has 1 aliphatic rings. The summed E-state index contributed by atoms with van der Waals surface area (Å²) in [5, 5.41) is 3.08. The maximum absolute atomic E-state index is 12.0. The van der Waals surface area contributed by atoms with Gasteiger partial charge in [0.15, 0.2) is 0 Å². The number of amides is 1. The van der Waals surface area contributed by atoms with Crippen molar-refractivity contribution < 1.29 is 4.79 Å². The first kappa shape index (κ1) is 16.7. The van der Waals surface area contributed by atoms with Crippen molar-refractivity contribution in [3.05, 3.63) is 0 Å². The molecule has 2 atom stereocenters. The Morgan fingerprint density at radius 3 is 2.29 bits per heavy atom. The number of hydrogen-bond donors (Lipinski definition) is 1. The largest absolute Gasteiger partial charge is 0.343 e. The Balaban J connectivity index is 0.00000256. The minimum Gasteiger partial charge on any atom is -0.343 e. The van der Waals surface area contributed by atoms with Gasteiger partial charge in [0.1, 0.15) is 0 Å². The van der Waals surface area contributed by atoms with E-state index in [9.17, 15) is 4.79 Å². The minimum absolute atomic E-state index is 0. The molecule has 0 aliphatic carbocycles. The zero-order chi connectivity index (χ0) is 12.0. The molecule has 1 amide bonds. The van der Waals surface area contributed by atoms with E-state index in [1.165, 1.54) is 12.8 Å². The van der Waals surface area contributed by atoms with Crippen LogP contribution < -0.4 is 5.32 Å². The van der Waals surface area contributed by atoms with Crippen molar-refractivity contribution in [2.45, 2.75) is 46.5 Å². The molecule has 3 nitrogen and oxygen atoms in total. The molecular weight excluding hydrogens is 236 g/mol. The first-order valence-electron chi connectivity index (χ1n) is 6.69. The number of hydrogen-bond acceptors (Lipinski definition) is 2. The van der Waals surface area contributed by atoms with Gasteiger partial charge in [-0.05, 0) is 38.3 Å². The first-order valence-corrected chi connectivity index (χ1v) is 6.69. The highest BCUT2D eigenvalue weighted by Crippen LogP contribution is 2.18. The van der Waals surface area contributed by atoms with Crippen molar-refractivity contribution in [3.8, 4) is 0 Å². The SMILES string of the molecule is CCC(C)C(CC)C(=O)NCN1CCCC1.Cl. The molecule has 0 aromatic rings. The molecule has 0 aromatic heterocycles. The first-order chi connectivity index (χ1) is 7.69. The summed E-state index contributed by atoms with van der Waals surface area (Å²) >= 11 is 0. The van der Waals surface area contributed by atoms with Crippen LogP contribution in [0.15, 0.2) is 0 Å². The van der Waals surface area contributed by atoms with Gasteiger partial charge < -0.3 is 5.32 Å². The van der Waals surface area contributed by atoms with Crippen LogP contribution in [0, 0.1) is 11.8 Å². The number of nitrogens with one attached hydrogen (secondary N) is 1. The van der Waals surface area contributed by atoms with Crippen LogP contribution in [0.1, 0.15) is 46.5 Å². The van der Waals surface area contributed by atoms with Gasteiger partial charge in [0.05, 0.1) is 6.67 Å². The maximum Gasteiger partial charge on any atom is 0.224 e. The van der Waals surface area contributed by atoms with Gasteiger partial charge in [-0.2, -0.15) is 0 Å². The van der Waals surface area contributed by atoms with Gasteiger partial charge in [-0.1, -0.05) is 27.2 Å². The van der Waals surface area contributed by atoms with E-state index in [4.69, 9.17) is 0 Å². The normalized spacial score (nSPS) is 19.5. The van der Waals surface area contributed by atoms with Crippen molar-refractivity contribution in [1.29, 1.82) is 0 Å². The topological polar surface area (TPSA) is 32.3 Å². The fourth-order valence-electron chi connectivity index (χ4n) is 2.39. The average Bonchev–Trinajstić information content (AvgIpc) is 2.79. The third kappa shape index (κ3) is 5.26. The summed E-state index contributed by atoms with van der Waals surface area (Å²) in [7, 11) is 0. The van der Waals surface area contributed by atoms with Gasteiger partial charge in [0, 0.05) is 5.92 Å². The quantitative estimate of drug-likeness (QED) is 0.798. The Kier molecular flexibility index (Phi) is 8.61. The van der Waals surface area contributed by atoms with Crippen LogP contribution in [-0.4, -0.2) is 30.6 Å². The molecule has 102 valence electrons. The lowest BCUT2D eigenvalue weighted by Gasteiger charge is -2.23. The number of halogens is 1. The Bertz CT molecular complexity index is 217. The summed E-state index contributed by atoms with van der Waals surface area (Å²) < 4.78 is 0. The molecule has 17 heavy (non-hydrogen) atoms. The second kappa shape index (κ2) is 8.76. The van der Waals surface area contributed by atoms with Crippen molar-refractivity contribution in [1.82, 2.24) is 10.2 Å². The number of rotatable bonds is 6. The lowest BCUT2D eigenvalue weighted by atomic mass is 9.89. The van der Waals surface area contributed by atoms with E-state index >= 15 is 0 Å². The molecule has 2 unspecified atom stereocenters. The molecule has 0 spiro atoms. The summed E-state index contributed by atoms with van der Waals surface area (Å²) in [5.74, 6) is 0.917. The van der Waals surface area contributed by atoms with E-state index < -0.39 is 0 Å². The van der Waals surface area contributed by atoms with Gasteiger partial charge in [0.2, 0.25) is 5.91 Å². The number of carbonyl (C=O) groups excluding carboxylic acids is 1. The number of likely N-dealkylation sites (tertiary alicyclic amines) is 1. The fraction of sp³-hybridized carbons (Fsp3) is 0.923. The Labute approximate surface area is 112 Å². The van der Waals surface area contributed by atoms with Crippen LogP contribution in [0.5, 0.6) is 0 Å². The lowest BCUT2D eigenvalue weighted by Crippen LogP contribution is -2.40. The summed E-state index contributed by atoms with van der Waals surface area (Å²) in [4.78, 5) is 14.3. The molecule has 0 bridgehead atoms. The van der Waals surface area contributed by atoms with Crippen LogP contribution in [0.25, 0.3) is 0 Å². The molecular formula is C13H27ClN2O. The van der Waals surface area contributed by atoms with Crippen LogP contribution in [0.3, 0.4) is 0 Å². The standard InChI is InChI=1S/C13H26N2O.ClH/c1-4-11(3)12(5-2)13(16)14-10-15-8-6-7-9-15;/h11-12H,4-10H2,1-3H3,(H,14,16);1H. The van der Waals surface area contributed by atoms with Gasteiger partial charge in [0.25, 0.3) is 0 Å². The van der Waals surface area contributed by atoms with E-state index in [0.29, 0.717) is 5.92 Å². The van der Waals surface area contributed by atoms with E-state index in [1.807, 2.05) is 0 Å². The van der Waals surface area contributed by atoms with E-state index in [2.05, 4.69) is 31.0 Å². The van der Waals surface area contributed by atoms with E-state index in [0.717, 1.165) is 32.6 Å².